The first-order valence-electron chi connectivity index (χ1n) is 6.97. The van der Waals surface area contributed by atoms with Gasteiger partial charge in [0.2, 0.25) is 0 Å². The molecule has 1 aliphatic heterocycles. The third kappa shape index (κ3) is 4.23. The van der Waals surface area contributed by atoms with Gasteiger partial charge in [-0.05, 0) is 20.9 Å². The van der Waals surface area contributed by atoms with Crippen molar-refractivity contribution < 1.29 is 0 Å². The summed E-state index contributed by atoms with van der Waals surface area (Å²) in [6.45, 7) is 11.0. The van der Waals surface area contributed by atoms with Crippen LogP contribution in [0.15, 0.2) is 18.6 Å². The van der Waals surface area contributed by atoms with Crippen molar-refractivity contribution >= 4 is 0 Å². The minimum atomic E-state index is 0.184. The molecule has 5 heteroatoms. The van der Waals surface area contributed by atoms with E-state index in [1.165, 1.54) is 0 Å². The third-order valence-corrected chi connectivity index (χ3v) is 3.84. The lowest BCUT2D eigenvalue weighted by Crippen LogP contribution is -2.57. The fourth-order valence-corrected chi connectivity index (χ4v) is 2.44. The molecule has 0 aromatic carbocycles. The Bertz CT molecular complexity index is 371. The predicted molar refractivity (Wildman–Crippen MR) is 76.9 cm³/mol. The first-order chi connectivity index (χ1) is 9.08. The van der Waals surface area contributed by atoms with Crippen molar-refractivity contribution in [3.63, 3.8) is 0 Å². The first-order valence-corrected chi connectivity index (χ1v) is 6.97. The molecule has 106 valence electrons. The molecule has 19 heavy (non-hydrogen) atoms. The van der Waals surface area contributed by atoms with Crippen molar-refractivity contribution in [1.82, 2.24) is 25.1 Å². The van der Waals surface area contributed by atoms with Gasteiger partial charge in [0.1, 0.15) is 0 Å². The van der Waals surface area contributed by atoms with Crippen LogP contribution in [0.5, 0.6) is 0 Å². The Labute approximate surface area is 116 Å². The molecular weight excluding hydrogens is 238 g/mol. The van der Waals surface area contributed by atoms with E-state index in [4.69, 9.17) is 0 Å². The minimum absolute atomic E-state index is 0.184. The van der Waals surface area contributed by atoms with Gasteiger partial charge in [0.05, 0.1) is 5.69 Å². The van der Waals surface area contributed by atoms with E-state index >= 15 is 0 Å². The van der Waals surface area contributed by atoms with Crippen molar-refractivity contribution in [1.29, 1.82) is 0 Å². The van der Waals surface area contributed by atoms with Crippen LogP contribution in [0, 0.1) is 0 Å². The second-order valence-electron chi connectivity index (χ2n) is 5.90. The summed E-state index contributed by atoms with van der Waals surface area (Å²) < 4.78 is 0. The van der Waals surface area contributed by atoms with Crippen LogP contribution in [-0.4, -0.2) is 65.1 Å². The van der Waals surface area contributed by atoms with Gasteiger partial charge in [-0.1, -0.05) is 0 Å². The van der Waals surface area contributed by atoms with Gasteiger partial charge in [-0.25, -0.2) is 0 Å². The molecule has 0 radical (unpaired) electrons. The lowest BCUT2D eigenvalue weighted by atomic mass is 10.0. The maximum absolute atomic E-state index is 4.28. The summed E-state index contributed by atoms with van der Waals surface area (Å²) in [6.07, 6.45) is 5.26. The molecule has 1 N–H and O–H groups in total. The molecule has 5 nitrogen and oxygen atoms in total. The van der Waals surface area contributed by atoms with Crippen LogP contribution in [0.2, 0.25) is 0 Å². The van der Waals surface area contributed by atoms with Crippen molar-refractivity contribution in [2.75, 3.05) is 39.8 Å². The van der Waals surface area contributed by atoms with Crippen LogP contribution in [0.3, 0.4) is 0 Å². The van der Waals surface area contributed by atoms with Crippen LogP contribution in [0.4, 0.5) is 0 Å². The van der Waals surface area contributed by atoms with Gasteiger partial charge in [0, 0.05) is 63.4 Å². The van der Waals surface area contributed by atoms with E-state index in [1.54, 1.807) is 12.4 Å². The van der Waals surface area contributed by atoms with Crippen molar-refractivity contribution in [3.8, 4) is 0 Å². The molecule has 2 heterocycles. The maximum atomic E-state index is 4.28. The lowest BCUT2D eigenvalue weighted by molar-refractivity contribution is 0.0617. The predicted octanol–water partition coefficient (Wildman–Crippen LogP) is 0.592. The summed E-state index contributed by atoms with van der Waals surface area (Å²) in [5, 5.41) is 3.49. The lowest BCUT2D eigenvalue weighted by Gasteiger charge is -2.43. The molecule has 1 aliphatic rings. The normalized spacial score (nSPS) is 18.7. The second kappa shape index (κ2) is 6.41. The number of nitrogens with zero attached hydrogens (tertiary/aromatic N) is 4. The highest BCUT2D eigenvalue weighted by Crippen LogP contribution is 2.15. The number of nitrogens with one attached hydrogen (secondary N) is 1. The fourth-order valence-electron chi connectivity index (χ4n) is 2.44. The smallest absolute Gasteiger partial charge is 0.0724 e. The Morgan fingerprint density at radius 3 is 2.58 bits per heavy atom. The number of rotatable bonds is 5. The zero-order valence-electron chi connectivity index (χ0n) is 12.3. The van der Waals surface area contributed by atoms with Crippen LogP contribution in [-0.2, 0) is 6.54 Å². The topological polar surface area (TPSA) is 44.3 Å². The molecule has 0 unspecified atom stereocenters. The van der Waals surface area contributed by atoms with Gasteiger partial charge in [0.25, 0.3) is 0 Å². The zero-order chi connectivity index (χ0) is 13.7. The molecule has 0 spiro atoms. The quantitative estimate of drug-likeness (QED) is 0.842. The Balaban J connectivity index is 1.77. The summed E-state index contributed by atoms with van der Waals surface area (Å²) in [5.74, 6) is 0. The van der Waals surface area contributed by atoms with E-state index in [2.05, 4.69) is 46.0 Å². The van der Waals surface area contributed by atoms with Crippen LogP contribution >= 0.6 is 0 Å². The van der Waals surface area contributed by atoms with Gasteiger partial charge in [-0.3, -0.25) is 14.9 Å². The van der Waals surface area contributed by atoms with E-state index < -0.39 is 0 Å². The zero-order valence-corrected chi connectivity index (χ0v) is 12.3. The summed E-state index contributed by atoms with van der Waals surface area (Å²) in [6, 6.07) is 0. The van der Waals surface area contributed by atoms with Gasteiger partial charge in [0.15, 0.2) is 0 Å². The average molecular weight is 263 g/mol. The summed E-state index contributed by atoms with van der Waals surface area (Å²) in [5.41, 5.74) is 1.18. The third-order valence-electron chi connectivity index (χ3n) is 3.84. The van der Waals surface area contributed by atoms with E-state index in [0.29, 0.717) is 0 Å². The van der Waals surface area contributed by atoms with E-state index in [0.717, 1.165) is 45.0 Å². The highest BCUT2D eigenvalue weighted by atomic mass is 15.3. The number of hydrogen-bond acceptors (Lipinski definition) is 5. The standard InChI is InChI=1S/C14H25N5/c1-14(2,19-8-6-18(3)7-9-19)12-16-11-13-10-15-4-5-17-13/h4-5,10,16H,6-9,11-12H2,1-3H3. The number of likely N-dealkylation sites (N-methyl/N-ethyl adjacent to an activating group) is 1. The van der Waals surface area contributed by atoms with Crippen LogP contribution < -0.4 is 5.32 Å². The Hall–Kier alpha value is -1.04. The molecule has 1 aromatic heterocycles. The van der Waals surface area contributed by atoms with Crippen molar-refractivity contribution in [2.45, 2.75) is 25.9 Å². The number of hydrogen-bond donors (Lipinski definition) is 1. The van der Waals surface area contributed by atoms with Gasteiger partial charge in [-0.15, -0.1) is 0 Å². The highest BCUT2D eigenvalue weighted by Gasteiger charge is 2.28. The van der Waals surface area contributed by atoms with Crippen LogP contribution in [0.25, 0.3) is 0 Å². The molecule has 0 amide bonds. The van der Waals surface area contributed by atoms with E-state index in [9.17, 15) is 0 Å². The van der Waals surface area contributed by atoms with E-state index in [1.807, 2.05) is 6.20 Å². The largest absolute Gasteiger partial charge is 0.309 e. The van der Waals surface area contributed by atoms with Crippen molar-refractivity contribution in [3.05, 3.63) is 24.3 Å². The number of aromatic nitrogens is 2. The molecule has 1 fully saturated rings. The Morgan fingerprint density at radius 1 is 1.21 bits per heavy atom. The van der Waals surface area contributed by atoms with Crippen LogP contribution in [0.1, 0.15) is 19.5 Å². The average Bonchev–Trinajstić information content (AvgIpc) is 2.40. The monoisotopic (exact) mass is 263 g/mol. The molecule has 0 bridgehead atoms. The Kier molecular flexibility index (Phi) is 4.85. The molecule has 1 aromatic rings. The minimum Gasteiger partial charge on any atom is -0.309 e. The van der Waals surface area contributed by atoms with Gasteiger partial charge < -0.3 is 10.2 Å². The van der Waals surface area contributed by atoms with Gasteiger partial charge in [-0.2, -0.15) is 0 Å². The molecule has 1 saturated heterocycles. The molecule has 0 aliphatic carbocycles. The summed E-state index contributed by atoms with van der Waals surface area (Å²) >= 11 is 0. The maximum Gasteiger partial charge on any atom is 0.0724 e. The number of piperazine rings is 1. The molecule has 2 rings (SSSR count). The Morgan fingerprint density at radius 2 is 1.95 bits per heavy atom. The summed E-state index contributed by atoms with van der Waals surface area (Å²) in [4.78, 5) is 13.3. The molecule has 0 saturated carbocycles. The van der Waals surface area contributed by atoms with E-state index in [-0.39, 0.29) is 5.54 Å². The first kappa shape index (κ1) is 14.4. The van der Waals surface area contributed by atoms with Gasteiger partial charge >= 0.3 is 0 Å². The summed E-state index contributed by atoms with van der Waals surface area (Å²) in [7, 11) is 2.19. The fraction of sp³-hybridized carbons (Fsp3) is 0.714. The highest BCUT2D eigenvalue weighted by molar-refractivity contribution is 4.95. The van der Waals surface area contributed by atoms with Crippen molar-refractivity contribution in [2.24, 2.45) is 0 Å². The second-order valence-corrected chi connectivity index (χ2v) is 5.90. The SMILES string of the molecule is CN1CCN(C(C)(C)CNCc2cnccn2)CC1. The molecule has 0 atom stereocenters. The molecular formula is C14H25N5.